The molecule has 1 aromatic heterocycles. The van der Waals surface area contributed by atoms with E-state index in [0.717, 1.165) is 0 Å². The molecular formula is C14H16FN3O2. The van der Waals surface area contributed by atoms with Crippen molar-refractivity contribution in [3.8, 4) is 11.6 Å². The van der Waals surface area contributed by atoms with Gasteiger partial charge in [-0.15, -0.1) is 0 Å². The van der Waals surface area contributed by atoms with Crippen LogP contribution in [0, 0.1) is 12.7 Å². The fourth-order valence-electron chi connectivity index (χ4n) is 1.69. The van der Waals surface area contributed by atoms with Crippen molar-refractivity contribution >= 4 is 5.82 Å². The normalized spacial score (nSPS) is 10.4. The first-order valence-corrected chi connectivity index (χ1v) is 6.11. The molecule has 0 fully saturated rings. The van der Waals surface area contributed by atoms with Crippen LogP contribution in [0.3, 0.4) is 0 Å². The van der Waals surface area contributed by atoms with E-state index >= 15 is 0 Å². The third-order valence-electron chi connectivity index (χ3n) is 2.63. The van der Waals surface area contributed by atoms with Gasteiger partial charge in [0, 0.05) is 20.2 Å². The second-order valence-electron chi connectivity index (χ2n) is 4.20. The molecule has 5 nitrogen and oxygen atoms in total. The third kappa shape index (κ3) is 3.42. The number of benzene rings is 1. The SMILES string of the molecule is CNc1cc(Oc2ccc(F)cc2C)nc(COC)n1. The zero-order valence-corrected chi connectivity index (χ0v) is 11.6. The van der Waals surface area contributed by atoms with E-state index in [1.54, 1.807) is 33.2 Å². The van der Waals surface area contributed by atoms with Crippen molar-refractivity contribution < 1.29 is 13.9 Å². The molecule has 0 amide bonds. The summed E-state index contributed by atoms with van der Waals surface area (Å²) in [5, 5.41) is 2.93. The molecule has 0 aliphatic heterocycles. The average Bonchev–Trinajstić information content (AvgIpc) is 2.42. The fourth-order valence-corrected chi connectivity index (χ4v) is 1.69. The Labute approximate surface area is 116 Å². The summed E-state index contributed by atoms with van der Waals surface area (Å²) in [6.07, 6.45) is 0. The number of ether oxygens (including phenoxy) is 2. The summed E-state index contributed by atoms with van der Waals surface area (Å²) < 4.78 is 23.8. The van der Waals surface area contributed by atoms with Gasteiger partial charge in [-0.05, 0) is 30.7 Å². The number of rotatable bonds is 5. The third-order valence-corrected chi connectivity index (χ3v) is 2.63. The Bertz CT molecular complexity index is 605. The molecule has 1 aromatic carbocycles. The molecule has 1 N–H and O–H groups in total. The van der Waals surface area contributed by atoms with E-state index in [0.29, 0.717) is 28.8 Å². The second-order valence-corrected chi connectivity index (χ2v) is 4.20. The number of aromatic nitrogens is 2. The van der Waals surface area contributed by atoms with E-state index in [-0.39, 0.29) is 12.4 Å². The van der Waals surface area contributed by atoms with Crippen molar-refractivity contribution in [3.05, 3.63) is 41.5 Å². The van der Waals surface area contributed by atoms with Gasteiger partial charge in [-0.25, -0.2) is 9.37 Å². The van der Waals surface area contributed by atoms with Crippen molar-refractivity contribution in [1.82, 2.24) is 9.97 Å². The summed E-state index contributed by atoms with van der Waals surface area (Å²) in [6, 6.07) is 5.99. The molecule has 0 saturated carbocycles. The maximum atomic E-state index is 13.1. The highest BCUT2D eigenvalue weighted by atomic mass is 19.1. The lowest BCUT2D eigenvalue weighted by Crippen LogP contribution is -2.03. The quantitative estimate of drug-likeness (QED) is 0.910. The smallest absolute Gasteiger partial charge is 0.224 e. The number of hydrogen-bond donors (Lipinski definition) is 1. The van der Waals surface area contributed by atoms with E-state index < -0.39 is 0 Å². The minimum atomic E-state index is -0.298. The molecule has 0 aliphatic rings. The maximum Gasteiger partial charge on any atom is 0.224 e. The Hall–Kier alpha value is -2.21. The Kier molecular flexibility index (Phi) is 4.47. The minimum absolute atomic E-state index is 0.286. The molecule has 2 aromatic rings. The molecule has 2 rings (SSSR count). The highest BCUT2D eigenvalue weighted by Gasteiger charge is 2.08. The Morgan fingerprint density at radius 1 is 1.25 bits per heavy atom. The van der Waals surface area contributed by atoms with Gasteiger partial charge in [0.15, 0.2) is 5.82 Å². The molecular weight excluding hydrogens is 261 g/mol. The molecule has 0 saturated heterocycles. The number of nitrogens with zero attached hydrogens (tertiary/aromatic N) is 2. The van der Waals surface area contributed by atoms with Gasteiger partial charge in [0.25, 0.3) is 0 Å². The number of nitrogens with one attached hydrogen (secondary N) is 1. The molecule has 1 heterocycles. The molecule has 0 aliphatic carbocycles. The van der Waals surface area contributed by atoms with E-state index in [9.17, 15) is 4.39 Å². The lowest BCUT2D eigenvalue weighted by atomic mass is 10.2. The molecule has 0 atom stereocenters. The molecule has 20 heavy (non-hydrogen) atoms. The number of halogens is 1. The largest absolute Gasteiger partial charge is 0.439 e. The van der Waals surface area contributed by atoms with Gasteiger partial charge in [0.1, 0.15) is 24.0 Å². The van der Waals surface area contributed by atoms with Gasteiger partial charge in [-0.2, -0.15) is 4.98 Å². The minimum Gasteiger partial charge on any atom is -0.439 e. The summed E-state index contributed by atoms with van der Waals surface area (Å²) >= 11 is 0. The van der Waals surface area contributed by atoms with Crippen LogP contribution in [0.4, 0.5) is 10.2 Å². The molecule has 0 spiro atoms. The summed E-state index contributed by atoms with van der Waals surface area (Å²) in [4.78, 5) is 8.47. The van der Waals surface area contributed by atoms with Crippen molar-refractivity contribution in [1.29, 1.82) is 0 Å². The van der Waals surface area contributed by atoms with Gasteiger partial charge in [-0.1, -0.05) is 0 Å². The van der Waals surface area contributed by atoms with Crippen LogP contribution < -0.4 is 10.1 Å². The van der Waals surface area contributed by atoms with Gasteiger partial charge in [-0.3, -0.25) is 0 Å². The molecule has 0 radical (unpaired) electrons. The maximum absolute atomic E-state index is 13.1. The predicted octanol–water partition coefficient (Wildman–Crippen LogP) is 2.90. The zero-order valence-electron chi connectivity index (χ0n) is 11.6. The van der Waals surface area contributed by atoms with Crippen LogP contribution in [0.25, 0.3) is 0 Å². The van der Waals surface area contributed by atoms with Crippen molar-refractivity contribution in [2.45, 2.75) is 13.5 Å². The van der Waals surface area contributed by atoms with E-state index in [1.807, 2.05) is 0 Å². The van der Waals surface area contributed by atoms with E-state index in [2.05, 4.69) is 15.3 Å². The Morgan fingerprint density at radius 3 is 2.70 bits per heavy atom. The summed E-state index contributed by atoms with van der Waals surface area (Å²) in [6.45, 7) is 2.06. The monoisotopic (exact) mass is 277 g/mol. The fraction of sp³-hybridized carbons (Fsp3) is 0.286. The second kappa shape index (κ2) is 6.29. The highest BCUT2D eigenvalue weighted by molar-refractivity contribution is 5.41. The Morgan fingerprint density at radius 2 is 2.05 bits per heavy atom. The molecule has 106 valence electrons. The highest BCUT2D eigenvalue weighted by Crippen LogP contribution is 2.25. The summed E-state index contributed by atoms with van der Waals surface area (Å²) in [7, 11) is 3.33. The van der Waals surface area contributed by atoms with Gasteiger partial charge in [0.05, 0.1) is 0 Å². The van der Waals surface area contributed by atoms with Crippen LogP contribution in [0.1, 0.15) is 11.4 Å². The van der Waals surface area contributed by atoms with Gasteiger partial charge >= 0.3 is 0 Å². The van der Waals surface area contributed by atoms with Crippen LogP contribution in [-0.2, 0) is 11.3 Å². The molecule has 0 bridgehead atoms. The van der Waals surface area contributed by atoms with Crippen LogP contribution in [0.15, 0.2) is 24.3 Å². The Balaban J connectivity index is 2.29. The number of aryl methyl sites for hydroxylation is 1. The van der Waals surface area contributed by atoms with E-state index in [1.165, 1.54) is 12.1 Å². The number of methoxy groups -OCH3 is 1. The lowest BCUT2D eigenvalue weighted by molar-refractivity contribution is 0.177. The predicted molar refractivity (Wildman–Crippen MR) is 73.5 cm³/mol. The van der Waals surface area contributed by atoms with Crippen LogP contribution in [-0.4, -0.2) is 24.1 Å². The van der Waals surface area contributed by atoms with Gasteiger partial charge < -0.3 is 14.8 Å². The first-order valence-electron chi connectivity index (χ1n) is 6.11. The van der Waals surface area contributed by atoms with Crippen LogP contribution >= 0.6 is 0 Å². The standard InChI is InChI=1S/C14H16FN3O2/c1-9-6-10(15)4-5-11(9)20-14-7-12(16-2)17-13(18-14)8-19-3/h4-7H,8H2,1-3H3,(H,16,17,18). The lowest BCUT2D eigenvalue weighted by Gasteiger charge is -2.10. The van der Waals surface area contributed by atoms with E-state index in [4.69, 9.17) is 9.47 Å². The van der Waals surface area contributed by atoms with Crippen molar-refractivity contribution in [3.63, 3.8) is 0 Å². The summed E-state index contributed by atoms with van der Waals surface area (Å²) in [5.41, 5.74) is 0.697. The molecule has 0 unspecified atom stereocenters. The van der Waals surface area contributed by atoms with Crippen LogP contribution in [0.2, 0.25) is 0 Å². The van der Waals surface area contributed by atoms with Crippen LogP contribution in [0.5, 0.6) is 11.6 Å². The first kappa shape index (κ1) is 14.2. The number of anilines is 1. The van der Waals surface area contributed by atoms with Crippen molar-refractivity contribution in [2.75, 3.05) is 19.5 Å². The van der Waals surface area contributed by atoms with Crippen molar-refractivity contribution in [2.24, 2.45) is 0 Å². The van der Waals surface area contributed by atoms with Gasteiger partial charge in [0.2, 0.25) is 5.88 Å². The topological polar surface area (TPSA) is 56.3 Å². The zero-order chi connectivity index (χ0) is 14.5. The average molecular weight is 277 g/mol. The first-order chi connectivity index (χ1) is 9.62. The molecule has 6 heteroatoms. The number of hydrogen-bond acceptors (Lipinski definition) is 5. The summed E-state index contributed by atoms with van der Waals surface area (Å²) in [5.74, 6) is 1.77.